The number of hydrogen-bond donors (Lipinski definition) is 3. The van der Waals surface area contributed by atoms with E-state index in [0.29, 0.717) is 6.42 Å². The van der Waals surface area contributed by atoms with Crippen LogP contribution in [0.15, 0.2) is 42.5 Å². The van der Waals surface area contributed by atoms with Crippen molar-refractivity contribution in [2.45, 2.75) is 6.42 Å². The molecule has 0 aliphatic rings. The Morgan fingerprint density at radius 1 is 1.10 bits per heavy atom. The fourth-order valence-corrected chi connectivity index (χ4v) is 1.86. The van der Waals surface area contributed by atoms with Crippen LogP contribution in [0, 0.1) is 5.82 Å². The summed E-state index contributed by atoms with van der Waals surface area (Å²) >= 11 is 0. The molecule has 2 aromatic rings. The molecule has 1 amide bonds. The third-order valence-corrected chi connectivity index (χ3v) is 2.84. The van der Waals surface area contributed by atoms with Gasteiger partial charge in [0.25, 0.3) is 5.91 Å². The van der Waals surface area contributed by atoms with Crippen LogP contribution in [0.25, 0.3) is 0 Å². The van der Waals surface area contributed by atoms with Crippen LogP contribution in [0.3, 0.4) is 0 Å². The maximum Gasteiger partial charge on any atom is 0.258 e. The highest BCUT2D eigenvalue weighted by Crippen LogP contribution is 2.25. The van der Waals surface area contributed by atoms with Crippen molar-refractivity contribution in [3.8, 4) is 11.5 Å². The normalized spacial score (nSPS) is 10.2. The summed E-state index contributed by atoms with van der Waals surface area (Å²) in [4.78, 5) is 11.8. The molecule has 0 unspecified atom stereocenters. The molecule has 2 aromatic carbocycles. The van der Waals surface area contributed by atoms with Gasteiger partial charge in [0.1, 0.15) is 22.9 Å². The van der Waals surface area contributed by atoms with Gasteiger partial charge in [-0.1, -0.05) is 18.2 Å². The minimum Gasteiger partial charge on any atom is -0.507 e. The van der Waals surface area contributed by atoms with Crippen LogP contribution in [0.5, 0.6) is 11.5 Å². The van der Waals surface area contributed by atoms with Crippen molar-refractivity contribution in [3.05, 3.63) is 59.4 Å². The second-order valence-electron chi connectivity index (χ2n) is 4.31. The Morgan fingerprint density at radius 3 is 2.40 bits per heavy atom. The van der Waals surface area contributed by atoms with E-state index in [1.54, 1.807) is 12.1 Å². The zero-order chi connectivity index (χ0) is 14.5. The quantitative estimate of drug-likeness (QED) is 0.801. The Hall–Kier alpha value is -2.56. The van der Waals surface area contributed by atoms with Gasteiger partial charge in [-0.05, 0) is 36.2 Å². The number of carbonyl (C=O) groups excluding carboxylic acids is 1. The molecule has 0 saturated carbocycles. The standard InChI is InChI=1S/C15H14FNO3/c16-11-4-1-3-10(9-11)7-8-17-15(20)14-12(18)5-2-6-13(14)19/h1-6,9,18-19H,7-8H2,(H,17,20). The molecule has 0 saturated heterocycles. The highest BCUT2D eigenvalue weighted by atomic mass is 19.1. The van der Waals surface area contributed by atoms with Gasteiger partial charge in [-0.2, -0.15) is 0 Å². The maximum atomic E-state index is 13.0. The van der Waals surface area contributed by atoms with Crippen LogP contribution < -0.4 is 5.32 Å². The second-order valence-corrected chi connectivity index (χ2v) is 4.31. The highest BCUT2D eigenvalue weighted by molar-refractivity contribution is 5.99. The first-order valence-electron chi connectivity index (χ1n) is 6.11. The molecule has 0 radical (unpaired) electrons. The van der Waals surface area contributed by atoms with Gasteiger partial charge in [-0.25, -0.2) is 4.39 Å². The number of nitrogens with one attached hydrogen (secondary N) is 1. The Balaban J connectivity index is 1.96. The maximum absolute atomic E-state index is 13.0. The van der Waals surface area contributed by atoms with E-state index >= 15 is 0 Å². The fraction of sp³-hybridized carbons (Fsp3) is 0.133. The van der Waals surface area contributed by atoms with E-state index < -0.39 is 5.91 Å². The van der Waals surface area contributed by atoms with Crippen molar-refractivity contribution in [1.82, 2.24) is 5.32 Å². The molecule has 4 nitrogen and oxygen atoms in total. The number of amides is 1. The lowest BCUT2D eigenvalue weighted by Crippen LogP contribution is -2.25. The Morgan fingerprint density at radius 2 is 1.75 bits per heavy atom. The Kier molecular flexibility index (Phi) is 4.20. The first-order chi connectivity index (χ1) is 9.58. The van der Waals surface area contributed by atoms with Crippen molar-refractivity contribution in [3.63, 3.8) is 0 Å². The van der Waals surface area contributed by atoms with Crippen molar-refractivity contribution >= 4 is 5.91 Å². The molecule has 0 atom stereocenters. The van der Waals surface area contributed by atoms with E-state index in [1.165, 1.54) is 30.3 Å². The molecule has 5 heteroatoms. The average molecular weight is 275 g/mol. The number of carbonyl (C=O) groups is 1. The van der Waals surface area contributed by atoms with Gasteiger partial charge >= 0.3 is 0 Å². The minimum absolute atomic E-state index is 0.160. The monoisotopic (exact) mass is 275 g/mol. The smallest absolute Gasteiger partial charge is 0.258 e. The number of hydrogen-bond acceptors (Lipinski definition) is 3. The second kappa shape index (κ2) is 6.06. The van der Waals surface area contributed by atoms with Gasteiger partial charge in [-0.3, -0.25) is 4.79 Å². The molecule has 104 valence electrons. The Labute approximate surface area is 115 Å². The molecule has 0 aromatic heterocycles. The third kappa shape index (κ3) is 3.26. The predicted molar refractivity (Wildman–Crippen MR) is 72.2 cm³/mol. The first-order valence-corrected chi connectivity index (χ1v) is 6.11. The van der Waals surface area contributed by atoms with Crippen LogP contribution in [-0.4, -0.2) is 22.7 Å². The zero-order valence-corrected chi connectivity index (χ0v) is 10.6. The molecule has 3 N–H and O–H groups in total. The molecule has 0 fully saturated rings. The number of halogens is 1. The van der Waals surface area contributed by atoms with Crippen molar-refractivity contribution < 1.29 is 19.4 Å². The van der Waals surface area contributed by atoms with E-state index in [4.69, 9.17) is 0 Å². The molecule has 0 spiro atoms. The van der Waals surface area contributed by atoms with Gasteiger partial charge in [-0.15, -0.1) is 0 Å². The zero-order valence-electron chi connectivity index (χ0n) is 10.6. The number of benzene rings is 2. The van der Waals surface area contributed by atoms with Crippen molar-refractivity contribution in [2.24, 2.45) is 0 Å². The summed E-state index contributed by atoms with van der Waals surface area (Å²) in [6, 6.07) is 10.2. The predicted octanol–water partition coefficient (Wildman–Crippen LogP) is 2.21. The molecular formula is C15H14FNO3. The average Bonchev–Trinajstić information content (AvgIpc) is 2.38. The first kappa shape index (κ1) is 13.9. The van der Waals surface area contributed by atoms with Gasteiger partial charge < -0.3 is 15.5 Å². The molecule has 0 heterocycles. The van der Waals surface area contributed by atoms with Crippen LogP contribution in [0.2, 0.25) is 0 Å². The summed E-state index contributed by atoms with van der Waals surface area (Å²) in [6.45, 7) is 0.274. The van der Waals surface area contributed by atoms with Crippen molar-refractivity contribution in [2.75, 3.05) is 6.54 Å². The van der Waals surface area contributed by atoms with Gasteiger partial charge in [0, 0.05) is 6.54 Å². The third-order valence-electron chi connectivity index (χ3n) is 2.84. The fourth-order valence-electron chi connectivity index (χ4n) is 1.86. The van der Waals surface area contributed by atoms with E-state index in [1.807, 2.05) is 0 Å². The molecular weight excluding hydrogens is 261 g/mol. The lowest BCUT2D eigenvalue weighted by Gasteiger charge is -2.08. The Bertz CT molecular complexity index is 608. The van der Waals surface area contributed by atoms with Crippen LogP contribution in [0.1, 0.15) is 15.9 Å². The van der Waals surface area contributed by atoms with Gasteiger partial charge in [0.15, 0.2) is 0 Å². The van der Waals surface area contributed by atoms with E-state index in [2.05, 4.69) is 5.32 Å². The molecule has 0 aliphatic carbocycles. The summed E-state index contributed by atoms with van der Waals surface area (Å²) < 4.78 is 13.0. The number of phenols is 2. The molecule has 20 heavy (non-hydrogen) atoms. The van der Waals surface area contributed by atoms with Crippen LogP contribution in [0.4, 0.5) is 4.39 Å². The van der Waals surface area contributed by atoms with Gasteiger partial charge in [0.2, 0.25) is 0 Å². The lowest BCUT2D eigenvalue weighted by molar-refractivity contribution is 0.0948. The molecule has 0 bridgehead atoms. The summed E-state index contributed by atoms with van der Waals surface area (Å²) in [5, 5.41) is 21.7. The molecule has 0 aliphatic heterocycles. The van der Waals surface area contributed by atoms with E-state index in [-0.39, 0.29) is 29.4 Å². The van der Waals surface area contributed by atoms with Crippen LogP contribution in [-0.2, 0) is 6.42 Å². The largest absolute Gasteiger partial charge is 0.507 e. The summed E-state index contributed by atoms with van der Waals surface area (Å²) in [7, 11) is 0. The number of aromatic hydroxyl groups is 2. The van der Waals surface area contributed by atoms with E-state index in [9.17, 15) is 19.4 Å². The van der Waals surface area contributed by atoms with Crippen LogP contribution >= 0.6 is 0 Å². The summed E-state index contributed by atoms with van der Waals surface area (Å²) in [5.74, 6) is -1.47. The molecule has 2 rings (SSSR count). The van der Waals surface area contributed by atoms with Gasteiger partial charge in [0.05, 0.1) is 0 Å². The SMILES string of the molecule is O=C(NCCc1cccc(F)c1)c1c(O)cccc1O. The summed E-state index contributed by atoms with van der Waals surface area (Å²) in [6.07, 6.45) is 0.456. The highest BCUT2D eigenvalue weighted by Gasteiger charge is 2.15. The van der Waals surface area contributed by atoms with E-state index in [0.717, 1.165) is 5.56 Å². The summed E-state index contributed by atoms with van der Waals surface area (Å²) in [5.41, 5.74) is 0.596. The van der Waals surface area contributed by atoms with Crippen molar-refractivity contribution in [1.29, 1.82) is 0 Å². The minimum atomic E-state index is -0.572. The number of rotatable bonds is 4. The lowest BCUT2D eigenvalue weighted by atomic mass is 10.1. The number of phenolic OH excluding ortho intramolecular Hbond substituents is 2. The topological polar surface area (TPSA) is 69.6 Å².